The molecule has 1 aromatic heterocycles. The number of rotatable bonds is 1. The highest BCUT2D eigenvalue weighted by molar-refractivity contribution is 9.10. The molecule has 0 radical (unpaired) electrons. The lowest BCUT2D eigenvalue weighted by Gasteiger charge is -2.05. The lowest BCUT2D eigenvalue weighted by atomic mass is 10.2. The molecule has 0 aliphatic carbocycles. The van der Waals surface area contributed by atoms with Crippen LogP contribution in [-0.2, 0) is 0 Å². The van der Waals surface area contributed by atoms with Crippen molar-refractivity contribution < 1.29 is 4.39 Å². The van der Waals surface area contributed by atoms with Crippen LogP contribution in [0.3, 0.4) is 0 Å². The summed E-state index contributed by atoms with van der Waals surface area (Å²) in [5, 5.41) is 8.92. The van der Waals surface area contributed by atoms with E-state index in [9.17, 15) is 4.39 Å². The molecule has 0 aliphatic heterocycles. The summed E-state index contributed by atoms with van der Waals surface area (Å²) in [5.41, 5.74) is 2.39. The average Bonchev–Trinajstić information content (AvgIpc) is 2.74. The molecule has 0 saturated carbocycles. The molecule has 3 aromatic rings. The predicted molar refractivity (Wildman–Crippen MR) is 80.8 cm³/mol. The fraction of sp³-hybridized carbons (Fsp3) is 0. The number of fused-ring (bicyclic) bond motifs is 1. The van der Waals surface area contributed by atoms with E-state index in [0.29, 0.717) is 10.5 Å². The number of imidazole rings is 1. The molecule has 0 saturated heterocycles. The molecule has 0 aliphatic rings. The van der Waals surface area contributed by atoms with Gasteiger partial charge < -0.3 is 4.98 Å². The first-order valence-corrected chi connectivity index (χ1v) is 6.90. The van der Waals surface area contributed by atoms with Crippen molar-refractivity contribution in [1.82, 2.24) is 9.55 Å². The van der Waals surface area contributed by atoms with Crippen LogP contribution in [-0.4, -0.2) is 9.55 Å². The van der Waals surface area contributed by atoms with E-state index in [4.69, 9.17) is 17.5 Å². The second kappa shape index (κ2) is 4.85. The highest BCUT2D eigenvalue weighted by atomic mass is 79.9. The maximum Gasteiger partial charge on any atom is 0.182 e. The summed E-state index contributed by atoms with van der Waals surface area (Å²) in [6, 6.07) is 11.9. The van der Waals surface area contributed by atoms with E-state index in [1.165, 1.54) is 12.1 Å². The summed E-state index contributed by atoms with van der Waals surface area (Å²) in [5.74, 6) is -0.537. The largest absolute Gasteiger partial charge is 0.330 e. The Labute approximate surface area is 127 Å². The van der Waals surface area contributed by atoms with Gasteiger partial charge in [-0.1, -0.05) is 15.9 Å². The Balaban J connectivity index is 2.33. The number of nitrogens with zero attached hydrogens (tertiary/aromatic N) is 2. The molecular formula is C14H7BrFN3S. The molecule has 3 rings (SSSR count). The Kier molecular flexibility index (Phi) is 3.16. The SMILES string of the molecule is N#Cc1cc(-n2c(=S)[nH]c3cc(Br)ccc32)ccc1F. The van der Waals surface area contributed by atoms with E-state index >= 15 is 0 Å². The highest BCUT2D eigenvalue weighted by Crippen LogP contribution is 2.24. The van der Waals surface area contributed by atoms with Crippen molar-refractivity contribution in [2.24, 2.45) is 0 Å². The Morgan fingerprint density at radius 2 is 2.05 bits per heavy atom. The second-order valence-corrected chi connectivity index (χ2v) is 5.51. The van der Waals surface area contributed by atoms with Crippen molar-refractivity contribution in [2.75, 3.05) is 0 Å². The molecule has 6 heteroatoms. The predicted octanol–water partition coefficient (Wildman–Crippen LogP) is 4.46. The first kappa shape index (κ1) is 13.0. The van der Waals surface area contributed by atoms with Gasteiger partial charge >= 0.3 is 0 Å². The van der Waals surface area contributed by atoms with Gasteiger partial charge in [0, 0.05) is 10.2 Å². The van der Waals surface area contributed by atoms with Crippen LogP contribution >= 0.6 is 28.1 Å². The van der Waals surface area contributed by atoms with Crippen molar-refractivity contribution in [3.63, 3.8) is 0 Å². The number of H-pyrrole nitrogens is 1. The van der Waals surface area contributed by atoms with Crippen molar-refractivity contribution in [3.8, 4) is 11.8 Å². The van der Waals surface area contributed by atoms with Crippen molar-refractivity contribution in [2.45, 2.75) is 0 Å². The molecule has 0 spiro atoms. The minimum absolute atomic E-state index is 0.00383. The van der Waals surface area contributed by atoms with Crippen molar-refractivity contribution >= 4 is 39.2 Å². The maximum atomic E-state index is 13.4. The molecule has 0 bridgehead atoms. The first-order valence-electron chi connectivity index (χ1n) is 5.70. The number of nitrogens with one attached hydrogen (secondary N) is 1. The van der Waals surface area contributed by atoms with Gasteiger partial charge in [-0.25, -0.2) is 4.39 Å². The Bertz CT molecular complexity index is 920. The Hall–Kier alpha value is -1.97. The standard InChI is InChI=1S/C14H7BrFN3S/c15-9-1-4-13-12(6-9)18-14(20)19(13)10-2-3-11(16)8(5-10)7-17/h1-6H,(H,18,20). The summed E-state index contributed by atoms with van der Waals surface area (Å²) in [4.78, 5) is 3.09. The number of hydrogen-bond acceptors (Lipinski definition) is 2. The smallest absolute Gasteiger partial charge is 0.182 e. The Morgan fingerprint density at radius 3 is 2.80 bits per heavy atom. The average molecular weight is 348 g/mol. The van der Waals surface area contributed by atoms with Crippen molar-refractivity contribution in [1.29, 1.82) is 5.26 Å². The quantitative estimate of drug-likeness (QED) is 0.660. The second-order valence-electron chi connectivity index (χ2n) is 4.20. The number of nitriles is 1. The zero-order chi connectivity index (χ0) is 14.3. The van der Waals surface area contributed by atoms with Crippen LogP contribution in [0.25, 0.3) is 16.7 Å². The zero-order valence-electron chi connectivity index (χ0n) is 10.0. The van der Waals surface area contributed by atoms with Gasteiger partial charge in [0.05, 0.1) is 16.6 Å². The summed E-state index contributed by atoms with van der Waals surface area (Å²) in [7, 11) is 0. The topological polar surface area (TPSA) is 44.5 Å². The summed E-state index contributed by atoms with van der Waals surface area (Å²) in [6.45, 7) is 0. The normalized spacial score (nSPS) is 10.7. The van der Waals surface area contributed by atoms with Crippen LogP contribution in [0.1, 0.15) is 5.56 Å². The van der Waals surface area contributed by atoms with Crippen LogP contribution in [0.4, 0.5) is 4.39 Å². The molecule has 20 heavy (non-hydrogen) atoms. The van der Waals surface area contributed by atoms with Crippen molar-refractivity contribution in [3.05, 3.63) is 57.0 Å². The van der Waals surface area contributed by atoms with E-state index in [-0.39, 0.29) is 5.56 Å². The van der Waals surface area contributed by atoms with Gasteiger partial charge in [0.1, 0.15) is 11.9 Å². The molecule has 98 valence electrons. The van der Waals surface area contributed by atoms with Crippen LogP contribution in [0.5, 0.6) is 0 Å². The molecule has 0 amide bonds. The van der Waals surface area contributed by atoms with Gasteiger partial charge in [0.2, 0.25) is 0 Å². The van der Waals surface area contributed by atoms with Crippen LogP contribution < -0.4 is 0 Å². The zero-order valence-corrected chi connectivity index (χ0v) is 12.4. The number of halogens is 2. The molecule has 1 heterocycles. The van der Waals surface area contributed by atoms with Crippen LogP contribution in [0.15, 0.2) is 40.9 Å². The monoisotopic (exact) mass is 347 g/mol. The maximum absolute atomic E-state index is 13.4. The number of hydrogen-bond donors (Lipinski definition) is 1. The van der Waals surface area contributed by atoms with Gasteiger partial charge in [0.15, 0.2) is 4.77 Å². The molecule has 0 atom stereocenters. The molecule has 2 aromatic carbocycles. The van der Waals surface area contributed by atoms with E-state index in [0.717, 1.165) is 15.5 Å². The number of benzene rings is 2. The highest BCUT2D eigenvalue weighted by Gasteiger charge is 2.09. The van der Waals surface area contributed by atoms with Gasteiger partial charge in [-0.3, -0.25) is 4.57 Å². The summed E-state index contributed by atoms with van der Waals surface area (Å²) < 4.78 is 16.6. The molecule has 0 unspecified atom stereocenters. The minimum atomic E-state index is -0.537. The minimum Gasteiger partial charge on any atom is -0.330 e. The summed E-state index contributed by atoms with van der Waals surface area (Å²) in [6.07, 6.45) is 0. The lowest BCUT2D eigenvalue weighted by Crippen LogP contribution is -1.96. The third-order valence-corrected chi connectivity index (χ3v) is 3.75. The van der Waals surface area contributed by atoms with Gasteiger partial charge in [-0.15, -0.1) is 0 Å². The number of aromatic nitrogens is 2. The van der Waals surface area contributed by atoms with E-state index in [1.807, 2.05) is 24.3 Å². The van der Waals surface area contributed by atoms with E-state index < -0.39 is 5.82 Å². The van der Waals surface area contributed by atoms with E-state index in [1.54, 1.807) is 10.6 Å². The fourth-order valence-electron chi connectivity index (χ4n) is 2.08. The summed E-state index contributed by atoms with van der Waals surface area (Å²) >= 11 is 8.70. The molecule has 0 fully saturated rings. The van der Waals surface area contributed by atoms with Crippen LogP contribution in [0, 0.1) is 21.9 Å². The van der Waals surface area contributed by atoms with Gasteiger partial charge in [-0.05, 0) is 48.6 Å². The van der Waals surface area contributed by atoms with Gasteiger partial charge in [0.25, 0.3) is 0 Å². The molecule has 1 N–H and O–H groups in total. The lowest BCUT2D eigenvalue weighted by molar-refractivity contribution is 0.623. The molecule has 3 nitrogen and oxygen atoms in total. The van der Waals surface area contributed by atoms with E-state index in [2.05, 4.69) is 20.9 Å². The van der Waals surface area contributed by atoms with Crippen LogP contribution in [0.2, 0.25) is 0 Å². The third kappa shape index (κ3) is 2.05. The number of aromatic amines is 1. The van der Waals surface area contributed by atoms with Gasteiger partial charge in [-0.2, -0.15) is 5.26 Å². The fourth-order valence-corrected chi connectivity index (χ4v) is 2.75. The third-order valence-electron chi connectivity index (χ3n) is 2.97. The molecular weight excluding hydrogens is 341 g/mol. The Morgan fingerprint density at radius 1 is 1.25 bits per heavy atom. The first-order chi connectivity index (χ1) is 9.60.